The summed E-state index contributed by atoms with van der Waals surface area (Å²) in [5, 5.41) is 11.3. The minimum absolute atomic E-state index is 0.115. The second kappa shape index (κ2) is 10.5. The van der Waals surface area contributed by atoms with Crippen LogP contribution in [0, 0.1) is 5.41 Å². The number of nitrogens with zero attached hydrogens (tertiary/aromatic N) is 2. The molecular formula is C27H39ClN2O2. The first-order valence-electron chi connectivity index (χ1n) is 11.7. The van der Waals surface area contributed by atoms with E-state index < -0.39 is 6.10 Å². The highest BCUT2D eigenvalue weighted by molar-refractivity contribution is 6.30. The molecule has 0 saturated carbocycles. The van der Waals surface area contributed by atoms with Gasteiger partial charge in [-0.1, -0.05) is 64.4 Å². The predicted molar refractivity (Wildman–Crippen MR) is 135 cm³/mol. The molecule has 176 valence electrons. The number of piperazine rings is 1. The summed E-state index contributed by atoms with van der Waals surface area (Å²) in [6.07, 6.45) is 0.605. The minimum Gasteiger partial charge on any atom is -0.491 e. The molecule has 32 heavy (non-hydrogen) atoms. The molecule has 1 unspecified atom stereocenters. The Morgan fingerprint density at radius 1 is 0.969 bits per heavy atom. The monoisotopic (exact) mass is 458 g/mol. The third kappa shape index (κ3) is 7.40. The van der Waals surface area contributed by atoms with Crippen LogP contribution in [0.2, 0.25) is 5.02 Å². The van der Waals surface area contributed by atoms with Crippen LogP contribution in [0.4, 0.5) is 5.69 Å². The van der Waals surface area contributed by atoms with Crippen LogP contribution in [0.25, 0.3) is 0 Å². The molecule has 0 aliphatic carbocycles. The number of rotatable bonds is 8. The highest BCUT2D eigenvalue weighted by atomic mass is 35.5. The molecule has 3 rings (SSSR count). The van der Waals surface area contributed by atoms with Crippen molar-refractivity contribution in [1.82, 2.24) is 4.90 Å². The number of β-amino-alcohol motifs (C(OH)–C–C–N with tert-alkyl or cyclic N) is 1. The van der Waals surface area contributed by atoms with Crippen molar-refractivity contribution in [2.45, 2.75) is 52.6 Å². The Hall–Kier alpha value is -1.75. The molecule has 0 amide bonds. The first-order chi connectivity index (χ1) is 15.0. The molecule has 4 nitrogen and oxygen atoms in total. The van der Waals surface area contributed by atoms with E-state index in [1.807, 2.05) is 30.3 Å². The van der Waals surface area contributed by atoms with Crippen molar-refractivity contribution >= 4 is 17.3 Å². The Kier molecular flexibility index (Phi) is 8.13. The maximum Gasteiger partial charge on any atom is 0.119 e. The minimum atomic E-state index is -0.510. The van der Waals surface area contributed by atoms with Gasteiger partial charge in [0.1, 0.15) is 18.5 Å². The van der Waals surface area contributed by atoms with Crippen LogP contribution in [0.15, 0.2) is 48.5 Å². The fraction of sp³-hybridized carbons (Fsp3) is 0.556. The van der Waals surface area contributed by atoms with Gasteiger partial charge in [0.2, 0.25) is 0 Å². The number of benzene rings is 2. The van der Waals surface area contributed by atoms with Crippen molar-refractivity contribution in [3.63, 3.8) is 0 Å². The molecule has 0 spiro atoms. The van der Waals surface area contributed by atoms with E-state index in [2.05, 4.69) is 62.6 Å². The van der Waals surface area contributed by atoms with Crippen LogP contribution in [0.5, 0.6) is 5.75 Å². The summed E-state index contributed by atoms with van der Waals surface area (Å²) in [6.45, 7) is 16.1. The zero-order valence-electron chi connectivity index (χ0n) is 20.3. The van der Waals surface area contributed by atoms with Gasteiger partial charge in [-0.05, 0) is 53.1 Å². The van der Waals surface area contributed by atoms with E-state index in [9.17, 15) is 5.11 Å². The summed E-state index contributed by atoms with van der Waals surface area (Å²) in [7, 11) is 0. The van der Waals surface area contributed by atoms with Crippen molar-refractivity contribution in [3.05, 3.63) is 59.1 Å². The Labute approximate surface area is 199 Å². The number of anilines is 1. The highest BCUT2D eigenvalue weighted by Crippen LogP contribution is 2.36. The molecule has 1 saturated heterocycles. The summed E-state index contributed by atoms with van der Waals surface area (Å²) in [4.78, 5) is 4.64. The van der Waals surface area contributed by atoms with Gasteiger partial charge in [0.15, 0.2) is 0 Å². The van der Waals surface area contributed by atoms with Gasteiger partial charge in [0.05, 0.1) is 0 Å². The molecular weight excluding hydrogens is 420 g/mol. The van der Waals surface area contributed by atoms with E-state index in [0.29, 0.717) is 13.2 Å². The number of hydrogen-bond acceptors (Lipinski definition) is 4. The van der Waals surface area contributed by atoms with Crippen molar-refractivity contribution in [2.75, 3.05) is 44.2 Å². The van der Waals surface area contributed by atoms with Crippen LogP contribution >= 0.6 is 11.6 Å². The Bertz CT molecular complexity index is 853. The van der Waals surface area contributed by atoms with Crippen LogP contribution in [-0.2, 0) is 5.41 Å². The number of ether oxygens (including phenoxy) is 1. The first-order valence-corrected chi connectivity index (χ1v) is 12.0. The maximum atomic E-state index is 10.5. The summed E-state index contributed by atoms with van der Waals surface area (Å²) < 4.78 is 5.88. The van der Waals surface area contributed by atoms with Gasteiger partial charge in [0, 0.05) is 43.4 Å². The average Bonchev–Trinajstić information content (AvgIpc) is 2.71. The van der Waals surface area contributed by atoms with Gasteiger partial charge in [-0.15, -0.1) is 0 Å². The summed E-state index contributed by atoms with van der Waals surface area (Å²) >= 11 is 6.12. The van der Waals surface area contributed by atoms with E-state index in [4.69, 9.17) is 16.3 Å². The Morgan fingerprint density at radius 2 is 1.62 bits per heavy atom. The van der Waals surface area contributed by atoms with E-state index in [-0.39, 0.29) is 10.8 Å². The lowest BCUT2D eigenvalue weighted by molar-refractivity contribution is 0.0663. The molecule has 1 fully saturated rings. The highest BCUT2D eigenvalue weighted by Gasteiger charge is 2.27. The zero-order chi connectivity index (χ0) is 23.4. The predicted octanol–water partition coefficient (Wildman–Crippen LogP) is 5.62. The smallest absolute Gasteiger partial charge is 0.119 e. The van der Waals surface area contributed by atoms with Gasteiger partial charge < -0.3 is 14.7 Å². The fourth-order valence-corrected chi connectivity index (χ4v) is 5.02. The average molecular weight is 459 g/mol. The van der Waals surface area contributed by atoms with E-state index in [0.717, 1.165) is 49.1 Å². The Balaban J connectivity index is 1.43. The fourth-order valence-electron chi connectivity index (χ4n) is 4.83. The van der Waals surface area contributed by atoms with Crippen molar-refractivity contribution in [1.29, 1.82) is 0 Å². The van der Waals surface area contributed by atoms with E-state index >= 15 is 0 Å². The Morgan fingerprint density at radius 3 is 2.22 bits per heavy atom. The second-order valence-corrected chi connectivity index (χ2v) is 11.3. The molecule has 1 N–H and O–H groups in total. The first kappa shape index (κ1) is 24.9. The molecule has 5 heteroatoms. The van der Waals surface area contributed by atoms with Crippen molar-refractivity contribution < 1.29 is 9.84 Å². The molecule has 1 aliphatic rings. The largest absolute Gasteiger partial charge is 0.491 e. The second-order valence-electron chi connectivity index (χ2n) is 10.9. The zero-order valence-corrected chi connectivity index (χ0v) is 21.0. The molecule has 1 aliphatic heterocycles. The van der Waals surface area contributed by atoms with Gasteiger partial charge >= 0.3 is 0 Å². The third-order valence-electron chi connectivity index (χ3n) is 6.07. The maximum absolute atomic E-state index is 10.5. The SMILES string of the molecule is CC(C)(C)CC(C)(C)c1ccc(OCC(O)CN2CCN(c3cccc(Cl)c3)CC2)cc1. The topological polar surface area (TPSA) is 35.9 Å². The molecule has 2 aromatic carbocycles. The van der Waals surface area contributed by atoms with Gasteiger partial charge in [-0.3, -0.25) is 4.90 Å². The summed E-state index contributed by atoms with van der Waals surface area (Å²) in [5.74, 6) is 0.810. The van der Waals surface area contributed by atoms with Crippen LogP contribution in [0.3, 0.4) is 0 Å². The molecule has 1 heterocycles. The van der Waals surface area contributed by atoms with Crippen molar-refractivity contribution in [3.8, 4) is 5.75 Å². The van der Waals surface area contributed by atoms with E-state index in [1.54, 1.807) is 0 Å². The summed E-state index contributed by atoms with van der Waals surface area (Å²) in [5.41, 5.74) is 2.87. The number of hydrogen-bond donors (Lipinski definition) is 1. The molecule has 0 bridgehead atoms. The molecule has 2 aromatic rings. The lowest BCUT2D eigenvalue weighted by atomic mass is 9.72. The van der Waals surface area contributed by atoms with Gasteiger partial charge in [-0.25, -0.2) is 0 Å². The normalized spacial score (nSPS) is 16.8. The van der Waals surface area contributed by atoms with Crippen LogP contribution in [-0.4, -0.2) is 55.4 Å². The lowest BCUT2D eigenvalue weighted by Gasteiger charge is -2.37. The standard InChI is InChI=1S/C27H39ClN2O2/c1-26(2,3)20-27(4,5)21-9-11-25(12-10-21)32-19-24(31)18-29-13-15-30(16-14-29)23-8-6-7-22(28)17-23/h6-12,17,24,31H,13-16,18-20H2,1-5H3. The van der Waals surface area contributed by atoms with Crippen LogP contribution in [0.1, 0.15) is 46.6 Å². The van der Waals surface area contributed by atoms with Crippen LogP contribution < -0.4 is 9.64 Å². The molecule has 0 radical (unpaired) electrons. The number of halogens is 1. The van der Waals surface area contributed by atoms with Crippen molar-refractivity contribution in [2.24, 2.45) is 5.41 Å². The lowest BCUT2D eigenvalue weighted by Crippen LogP contribution is -2.49. The van der Waals surface area contributed by atoms with E-state index in [1.165, 1.54) is 5.56 Å². The number of aliphatic hydroxyl groups excluding tert-OH is 1. The summed E-state index contributed by atoms with van der Waals surface area (Å²) in [6, 6.07) is 16.4. The molecule has 0 aromatic heterocycles. The quantitative estimate of drug-likeness (QED) is 0.557. The third-order valence-corrected chi connectivity index (χ3v) is 6.30. The van der Waals surface area contributed by atoms with Gasteiger partial charge in [0.25, 0.3) is 0 Å². The number of aliphatic hydroxyl groups is 1. The molecule has 1 atom stereocenters. The van der Waals surface area contributed by atoms with Gasteiger partial charge in [-0.2, -0.15) is 0 Å².